The minimum Gasteiger partial charge on any atom is -1.00 e. The van der Waals surface area contributed by atoms with Crippen LogP contribution in [0.3, 0.4) is 0 Å². The molecule has 0 aromatic heterocycles. The largest absolute Gasteiger partial charge is 1.00 e. The van der Waals surface area contributed by atoms with Gasteiger partial charge in [-0.15, -0.1) is 11.3 Å². The summed E-state index contributed by atoms with van der Waals surface area (Å²) in [4.78, 5) is 7.69. The highest BCUT2D eigenvalue weighted by molar-refractivity contribution is 7.21. The van der Waals surface area contributed by atoms with Crippen molar-refractivity contribution in [2.45, 2.75) is 0 Å². The maximum Gasteiger partial charge on any atom is 0.201 e. The number of nitrogens with zero attached hydrogens (tertiary/aromatic N) is 3. The van der Waals surface area contributed by atoms with Crippen LogP contribution < -0.4 is 31.8 Å². The van der Waals surface area contributed by atoms with E-state index in [0.717, 1.165) is 31.8 Å². The van der Waals surface area contributed by atoms with Crippen LogP contribution in [0.1, 0.15) is 0 Å². The zero-order valence-electron chi connectivity index (χ0n) is 16.0. The van der Waals surface area contributed by atoms with E-state index >= 15 is 0 Å². The van der Waals surface area contributed by atoms with E-state index in [1.54, 1.807) is 11.3 Å². The van der Waals surface area contributed by atoms with Gasteiger partial charge < -0.3 is 42.3 Å². The zero-order chi connectivity index (χ0) is 19.9. The van der Waals surface area contributed by atoms with Gasteiger partial charge in [0, 0.05) is 30.9 Å². The summed E-state index contributed by atoms with van der Waals surface area (Å²) in [5.41, 5.74) is 2.72. The topological polar surface area (TPSA) is 100 Å². The summed E-state index contributed by atoms with van der Waals surface area (Å²) in [6.45, 7) is 1.91. The molecule has 0 spiro atoms. The number of halogens is 1. The second-order valence-electron chi connectivity index (χ2n) is 6.39. The Labute approximate surface area is 183 Å². The first-order valence-electron chi connectivity index (χ1n) is 9.31. The van der Waals surface area contributed by atoms with Crippen molar-refractivity contribution >= 4 is 27.2 Å². The molecule has 0 atom stereocenters. The summed E-state index contributed by atoms with van der Waals surface area (Å²) in [5.74, 6) is 0. The van der Waals surface area contributed by atoms with Gasteiger partial charge in [0.05, 0.1) is 34.0 Å². The fourth-order valence-electron chi connectivity index (χ4n) is 3.22. The highest BCUT2D eigenvalue weighted by Crippen LogP contribution is 2.31. The molecule has 0 bridgehead atoms. The van der Waals surface area contributed by atoms with Crippen molar-refractivity contribution in [1.29, 1.82) is 0 Å². The monoisotopic (exact) mass is 483 g/mol. The number of anilines is 1. The van der Waals surface area contributed by atoms with Crippen LogP contribution in [0.25, 0.3) is 20.8 Å². The van der Waals surface area contributed by atoms with Gasteiger partial charge in [-0.25, -0.2) is 9.56 Å². The molecule has 9 heteroatoms. The van der Waals surface area contributed by atoms with E-state index in [1.807, 2.05) is 45.9 Å². The number of benzene rings is 2. The summed E-state index contributed by atoms with van der Waals surface area (Å²) in [6, 6.07) is 11.9. The van der Waals surface area contributed by atoms with Gasteiger partial charge in [-0.2, -0.15) is 0 Å². The van der Waals surface area contributed by atoms with Crippen LogP contribution >= 0.6 is 11.3 Å². The van der Waals surface area contributed by atoms with Crippen molar-refractivity contribution in [1.82, 2.24) is 9.56 Å². The Morgan fingerprint density at radius 3 is 2.17 bits per heavy atom. The Morgan fingerprint density at radius 2 is 1.55 bits per heavy atom. The molecule has 158 valence electrons. The molecule has 1 aromatic carbocycles. The number of aliphatic hydroxyl groups excluding tert-OH is 4. The molecule has 1 aliphatic carbocycles. The number of fused-ring (bicyclic) bond motifs is 2. The standard InChI is InChI=1S/C20H26N3O4S.BrH/c24-9-5-22(6-10-25)15-1-3-17-19(13-15)28-20-14-16(2-4-18(20)21-17)23(7-11-26)8-12-27;/h1-4,13-14,24-27H,5-12H2;1H/q+1;/p-1. The van der Waals surface area contributed by atoms with E-state index in [-0.39, 0.29) is 43.4 Å². The van der Waals surface area contributed by atoms with E-state index in [2.05, 4.69) is 0 Å². The van der Waals surface area contributed by atoms with Gasteiger partial charge in [0.2, 0.25) is 5.36 Å². The van der Waals surface area contributed by atoms with Gasteiger partial charge in [-0.05, 0) is 24.3 Å². The molecule has 2 aliphatic rings. The average Bonchev–Trinajstić information content (AvgIpc) is 2.71. The maximum atomic E-state index is 9.28. The number of aromatic nitrogens is 1. The molecular formula is C20H26BrN3O4S. The number of hydrogen-bond donors (Lipinski definition) is 4. The van der Waals surface area contributed by atoms with E-state index in [4.69, 9.17) is 4.98 Å². The predicted molar refractivity (Wildman–Crippen MR) is 112 cm³/mol. The van der Waals surface area contributed by atoms with E-state index < -0.39 is 0 Å². The van der Waals surface area contributed by atoms with Crippen molar-refractivity contribution in [3.05, 3.63) is 41.8 Å². The lowest BCUT2D eigenvalue weighted by atomic mass is 10.2. The van der Waals surface area contributed by atoms with Crippen LogP contribution in [-0.2, 0) is 0 Å². The van der Waals surface area contributed by atoms with Gasteiger partial charge >= 0.3 is 0 Å². The number of rotatable bonds is 9. The van der Waals surface area contributed by atoms with Crippen molar-refractivity contribution in [2.75, 3.05) is 57.5 Å². The SMILES string of the molecule is OCCN(CCO)c1ccc2nc3ccc(=[N+](CCO)CCO)cc-3sc2c1.[Br-]. The summed E-state index contributed by atoms with van der Waals surface area (Å²) < 4.78 is 2.95. The summed E-state index contributed by atoms with van der Waals surface area (Å²) in [7, 11) is 0. The van der Waals surface area contributed by atoms with Gasteiger partial charge in [0.25, 0.3) is 0 Å². The fraction of sp³-hybridized carbons (Fsp3) is 0.400. The number of aliphatic hydroxyl groups is 4. The molecule has 0 amide bonds. The third-order valence-corrected chi connectivity index (χ3v) is 5.65. The number of hydrogen-bond acceptors (Lipinski definition) is 7. The van der Waals surface area contributed by atoms with Crippen LogP contribution in [0.2, 0.25) is 0 Å². The van der Waals surface area contributed by atoms with Crippen molar-refractivity contribution in [3.8, 4) is 10.6 Å². The first-order chi connectivity index (χ1) is 13.7. The normalized spacial score (nSPS) is 10.9. The Hall–Kier alpha value is -1.62. The highest BCUT2D eigenvalue weighted by atomic mass is 79.9. The fourth-order valence-corrected chi connectivity index (χ4v) is 4.25. The Bertz CT molecular complexity index is 952. The van der Waals surface area contributed by atoms with Crippen molar-refractivity contribution in [2.24, 2.45) is 0 Å². The summed E-state index contributed by atoms with van der Waals surface area (Å²) in [6.07, 6.45) is 0. The van der Waals surface area contributed by atoms with Gasteiger partial charge in [-0.3, -0.25) is 0 Å². The Morgan fingerprint density at radius 1 is 0.862 bits per heavy atom. The molecule has 29 heavy (non-hydrogen) atoms. The van der Waals surface area contributed by atoms with Crippen LogP contribution in [0.5, 0.6) is 0 Å². The zero-order valence-corrected chi connectivity index (χ0v) is 18.4. The second-order valence-corrected chi connectivity index (χ2v) is 7.47. The predicted octanol–water partition coefficient (Wildman–Crippen LogP) is -3.05. The molecular weight excluding hydrogens is 458 g/mol. The van der Waals surface area contributed by atoms with Crippen LogP contribution in [0.15, 0.2) is 36.4 Å². The molecule has 0 radical (unpaired) electrons. The van der Waals surface area contributed by atoms with Crippen molar-refractivity contribution in [3.63, 3.8) is 0 Å². The van der Waals surface area contributed by atoms with E-state index in [0.29, 0.717) is 26.2 Å². The first-order valence-corrected chi connectivity index (χ1v) is 10.1. The third kappa shape index (κ3) is 5.71. The minimum atomic E-state index is 0. The molecule has 1 heterocycles. The molecule has 3 rings (SSSR count). The smallest absolute Gasteiger partial charge is 0.201 e. The highest BCUT2D eigenvalue weighted by Gasteiger charge is 2.13. The molecule has 0 unspecified atom stereocenters. The Balaban J connectivity index is 0.00000300. The first kappa shape index (κ1) is 23.7. The lowest BCUT2D eigenvalue weighted by Crippen LogP contribution is -3.00. The van der Waals surface area contributed by atoms with E-state index in [1.165, 1.54) is 0 Å². The van der Waals surface area contributed by atoms with Crippen LogP contribution in [0, 0.1) is 0 Å². The van der Waals surface area contributed by atoms with Gasteiger partial charge in [0.1, 0.15) is 13.2 Å². The molecule has 7 nitrogen and oxygen atoms in total. The molecule has 0 saturated carbocycles. The van der Waals surface area contributed by atoms with Crippen LogP contribution in [0.4, 0.5) is 5.69 Å². The summed E-state index contributed by atoms with van der Waals surface area (Å²) >= 11 is 1.62. The average molecular weight is 484 g/mol. The van der Waals surface area contributed by atoms with Crippen molar-refractivity contribution < 1.29 is 37.4 Å². The Kier molecular flexibility index (Phi) is 9.41. The van der Waals surface area contributed by atoms with E-state index in [9.17, 15) is 20.4 Å². The second kappa shape index (κ2) is 11.5. The molecule has 1 aliphatic heterocycles. The van der Waals surface area contributed by atoms with Gasteiger partial charge in [-0.1, -0.05) is 0 Å². The molecule has 4 N–H and O–H groups in total. The molecule has 0 saturated heterocycles. The molecule has 0 fully saturated rings. The minimum absolute atomic E-state index is 0. The molecule has 1 aromatic rings. The lowest BCUT2D eigenvalue weighted by molar-refractivity contribution is -0.0000101. The summed E-state index contributed by atoms with van der Waals surface area (Å²) in [5, 5.41) is 38.0. The lowest BCUT2D eigenvalue weighted by Gasteiger charge is -2.23. The third-order valence-electron chi connectivity index (χ3n) is 4.56. The quantitative estimate of drug-likeness (QED) is 0.190. The van der Waals surface area contributed by atoms with Gasteiger partial charge in [0.15, 0.2) is 13.1 Å². The van der Waals surface area contributed by atoms with Crippen LogP contribution in [-0.4, -0.2) is 78.0 Å². The maximum absolute atomic E-state index is 9.28.